The van der Waals surface area contributed by atoms with Gasteiger partial charge in [-0.05, 0) is 37.5 Å². The molecule has 1 unspecified atom stereocenters. The first-order chi connectivity index (χ1) is 17.9. The van der Waals surface area contributed by atoms with Gasteiger partial charge in [0.2, 0.25) is 5.91 Å². The Kier molecular flexibility index (Phi) is 9.88. The maximum Gasteiger partial charge on any atom is 0.256 e. The molecule has 2 heterocycles. The zero-order chi connectivity index (χ0) is 26.2. The highest BCUT2D eigenvalue weighted by Gasteiger charge is 2.31. The summed E-state index contributed by atoms with van der Waals surface area (Å²) in [6.07, 6.45) is 2.87. The Hall–Kier alpha value is -2.55. The fraction of sp³-hybridized carbons (Fsp3) is 0.407. The highest BCUT2D eigenvalue weighted by Crippen LogP contribution is 2.25. The van der Waals surface area contributed by atoms with Crippen molar-refractivity contribution < 1.29 is 9.59 Å². The second-order valence-corrected chi connectivity index (χ2v) is 11.2. The van der Waals surface area contributed by atoms with Crippen LogP contribution in [0.15, 0.2) is 65.8 Å². The molecule has 196 valence electrons. The highest BCUT2D eigenvalue weighted by atomic mass is 35.5. The van der Waals surface area contributed by atoms with Gasteiger partial charge in [-0.1, -0.05) is 83.5 Å². The molecule has 2 amide bonds. The van der Waals surface area contributed by atoms with Crippen molar-refractivity contribution in [1.82, 2.24) is 24.6 Å². The van der Waals surface area contributed by atoms with Gasteiger partial charge in [0.05, 0.1) is 0 Å². The lowest BCUT2D eigenvalue weighted by Crippen LogP contribution is -2.56. The molecule has 7 nitrogen and oxygen atoms in total. The first kappa shape index (κ1) is 27.5. The van der Waals surface area contributed by atoms with Crippen molar-refractivity contribution in [2.75, 3.05) is 25.4 Å². The summed E-state index contributed by atoms with van der Waals surface area (Å²) in [4.78, 5) is 27.3. The van der Waals surface area contributed by atoms with Crippen LogP contribution in [0.3, 0.4) is 0 Å². The number of unbranched alkanes of at least 4 members (excludes halogenated alkanes) is 1. The van der Waals surface area contributed by atoms with Crippen molar-refractivity contribution in [2.45, 2.75) is 48.6 Å². The van der Waals surface area contributed by atoms with E-state index in [1.165, 1.54) is 5.56 Å². The molecule has 1 aromatic heterocycles. The molecule has 10 heteroatoms. The largest absolute Gasteiger partial charge is 0.339 e. The van der Waals surface area contributed by atoms with E-state index in [2.05, 4.69) is 39.0 Å². The monoisotopic (exact) mass is 559 g/mol. The van der Waals surface area contributed by atoms with Crippen LogP contribution in [0.2, 0.25) is 0 Å². The molecular weight excluding hydrogens is 529 g/mol. The highest BCUT2D eigenvalue weighted by molar-refractivity contribution is 7.99. The zero-order valence-corrected chi connectivity index (χ0v) is 23.1. The molecule has 2 aromatic carbocycles. The van der Waals surface area contributed by atoms with E-state index >= 15 is 0 Å². The average Bonchev–Trinajstić information content (AvgIpc) is 3.31. The summed E-state index contributed by atoms with van der Waals surface area (Å²) < 4.78 is 2.12. The number of alkyl halides is 2. The molecular formula is C27H31Cl2N5O2S. The molecule has 0 saturated carbocycles. The van der Waals surface area contributed by atoms with Crippen LogP contribution in [0.1, 0.15) is 37.6 Å². The number of halogens is 2. The molecule has 0 radical (unpaired) electrons. The molecule has 0 N–H and O–H groups in total. The van der Waals surface area contributed by atoms with Gasteiger partial charge in [0.25, 0.3) is 5.91 Å². The van der Waals surface area contributed by atoms with Crippen molar-refractivity contribution in [3.05, 3.63) is 72.1 Å². The normalized spacial score (nSPS) is 15.8. The zero-order valence-electron chi connectivity index (χ0n) is 20.8. The third-order valence-corrected chi connectivity index (χ3v) is 7.77. The summed E-state index contributed by atoms with van der Waals surface area (Å²) in [5.41, 5.74) is 2.23. The number of carbonyl (C=O) groups is 2. The Morgan fingerprint density at radius 3 is 2.38 bits per heavy atom. The van der Waals surface area contributed by atoms with Gasteiger partial charge in [0.1, 0.15) is 5.82 Å². The van der Waals surface area contributed by atoms with Crippen LogP contribution in [0.25, 0.3) is 5.69 Å². The quantitative estimate of drug-likeness (QED) is 0.199. The van der Waals surface area contributed by atoms with E-state index < -0.39 is 4.84 Å². The molecule has 0 spiro atoms. The standard InChI is InChI=1S/C27H31Cl2N5O2S/c1-20-19-32(15-16-33(20)26(36)25(28)29)24(35)14-8-9-17-37-27-31-30-23(18-21-10-4-2-5-11-21)34(27)22-12-6-3-7-13-22/h2-7,10-13,20,25H,8-9,14-19H2,1H3. The van der Waals surface area contributed by atoms with Crippen molar-refractivity contribution in [1.29, 1.82) is 0 Å². The van der Waals surface area contributed by atoms with Gasteiger partial charge in [-0.15, -0.1) is 10.2 Å². The third-order valence-electron chi connectivity index (χ3n) is 6.39. The fourth-order valence-electron chi connectivity index (χ4n) is 4.46. The van der Waals surface area contributed by atoms with Crippen molar-refractivity contribution in [2.24, 2.45) is 0 Å². The molecule has 37 heavy (non-hydrogen) atoms. The number of nitrogens with zero attached hydrogens (tertiary/aromatic N) is 5. The number of para-hydroxylation sites is 1. The number of amides is 2. The number of thioether (sulfide) groups is 1. The van der Waals surface area contributed by atoms with Gasteiger partial charge in [-0.25, -0.2) is 0 Å². The molecule has 1 fully saturated rings. The Balaban J connectivity index is 1.28. The first-order valence-electron chi connectivity index (χ1n) is 12.5. The number of hydrogen-bond acceptors (Lipinski definition) is 5. The van der Waals surface area contributed by atoms with Crippen LogP contribution in [-0.4, -0.2) is 72.6 Å². The minimum absolute atomic E-state index is 0.102. The average molecular weight is 561 g/mol. The summed E-state index contributed by atoms with van der Waals surface area (Å²) in [6.45, 7) is 3.38. The smallest absolute Gasteiger partial charge is 0.256 e. The second kappa shape index (κ2) is 13.3. The van der Waals surface area contributed by atoms with E-state index in [1.54, 1.807) is 16.7 Å². The van der Waals surface area contributed by atoms with E-state index in [1.807, 2.05) is 48.2 Å². The first-order valence-corrected chi connectivity index (χ1v) is 14.3. The SMILES string of the molecule is CC1CN(C(=O)CCCCSc2nnc(Cc3ccccc3)n2-c2ccccc2)CCN1C(=O)C(Cl)Cl. The molecule has 3 aromatic rings. The predicted molar refractivity (Wildman–Crippen MR) is 148 cm³/mol. The third kappa shape index (κ3) is 7.27. The lowest BCUT2D eigenvalue weighted by molar-refractivity contribution is -0.141. The number of rotatable bonds is 10. The predicted octanol–water partition coefficient (Wildman–Crippen LogP) is 4.98. The van der Waals surface area contributed by atoms with Crippen LogP contribution in [-0.2, 0) is 16.0 Å². The van der Waals surface area contributed by atoms with Crippen LogP contribution in [0.4, 0.5) is 0 Å². The molecule has 1 atom stereocenters. The van der Waals surface area contributed by atoms with Gasteiger partial charge in [0.15, 0.2) is 9.99 Å². The Labute approximate surface area is 232 Å². The molecule has 4 rings (SSSR count). The Bertz CT molecular complexity index is 1180. The van der Waals surface area contributed by atoms with Crippen molar-refractivity contribution in [3.8, 4) is 5.69 Å². The summed E-state index contributed by atoms with van der Waals surface area (Å²) in [5.74, 6) is 1.57. The topological polar surface area (TPSA) is 71.3 Å². The van der Waals surface area contributed by atoms with Crippen LogP contribution < -0.4 is 0 Å². The maximum atomic E-state index is 12.7. The van der Waals surface area contributed by atoms with E-state index in [-0.39, 0.29) is 17.9 Å². The lowest BCUT2D eigenvalue weighted by atomic mass is 10.1. The molecule has 1 aliphatic rings. The lowest BCUT2D eigenvalue weighted by Gasteiger charge is -2.40. The summed E-state index contributed by atoms with van der Waals surface area (Å²) in [5, 5.41) is 9.84. The van der Waals surface area contributed by atoms with E-state index in [9.17, 15) is 9.59 Å². The number of aromatic nitrogens is 3. The van der Waals surface area contributed by atoms with Crippen molar-refractivity contribution >= 4 is 46.8 Å². The van der Waals surface area contributed by atoms with Gasteiger partial charge >= 0.3 is 0 Å². The van der Waals surface area contributed by atoms with Crippen LogP contribution >= 0.6 is 35.0 Å². The van der Waals surface area contributed by atoms with E-state index in [0.29, 0.717) is 32.5 Å². The van der Waals surface area contributed by atoms with Gasteiger partial charge < -0.3 is 9.80 Å². The molecule has 0 aliphatic carbocycles. The van der Waals surface area contributed by atoms with E-state index in [0.717, 1.165) is 35.3 Å². The van der Waals surface area contributed by atoms with E-state index in [4.69, 9.17) is 23.2 Å². The minimum Gasteiger partial charge on any atom is -0.339 e. The number of hydrogen-bond donors (Lipinski definition) is 0. The Morgan fingerprint density at radius 2 is 1.70 bits per heavy atom. The number of benzene rings is 2. The van der Waals surface area contributed by atoms with Gasteiger partial charge in [-0.3, -0.25) is 14.2 Å². The van der Waals surface area contributed by atoms with Gasteiger partial charge in [-0.2, -0.15) is 0 Å². The number of carbonyl (C=O) groups excluding carboxylic acids is 2. The summed E-state index contributed by atoms with van der Waals surface area (Å²) in [6, 6.07) is 20.3. The van der Waals surface area contributed by atoms with Gasteiger partial charge in [0, 0.05) is 50.0 Å². The van der Waals surface area contributed by atoms with Crippen LogP contribution in [0.5, 0.6) is 0 Å². The second-order valence-electron chi connectivity index (χ2n) is 9.06. The molecule has 1 saturated heterocycles. The van der Waals surface area contributed by atoms with Crippen molar-refractivity contribution in [3.63, 3.8) is 0 Å². The minimum atomic E-state index is -1.07. The Morgan fingerprint density at radius 1 is 1.00 bits per heavy atom. The summed E-state index contributed by atoms with van der Waals surface area (Å²) >= 11 is 13.1. The maximum absolute atomic E-state index is 12.7. The summed E-state index contributed by atoms with van der Waals surface area (Å²) in [7, 11) is 0. The van der Waals surface area contributed by atoms with Crippen LogP contribution in [0, 0.1) is 0 Å². The molecule has 0 bridgehead atoms. The fourth-order valence-corrected chi connectivity index (χ4v) is 5.68. The number of piperazine rings is 1. The molecule has 1 aliphatic heterocycles.